The molecule has 1 saturated carbocycles. The molecule has 2 N–H and O–H groups in total. The number of carboxylic acids is 1. The molecule has 1 heterocycles. The summed E-state index contributed by atoms with van der Waals surface area (Å²) in [7, 11) is 0. The molecule has 5 nitrogen and oxygen atoms in total. The molecule has 3 rings (SSSR count). The maximum Gasteiger partial charge on any atom is 0.327 e. The Kier molecular flexibility index (Phi) is 5.83. The first kappa shape index (κ1) is 18.3. The number of carbonyl (C=O) groups excluding carboxylic acids is 1. The summed E-state index contributed by atoms with van der Waals surface area (Å²) < 4.78 is 0. The van der Waals surface area contributed by atoms with Crippen molar-refractivity contribution < 1.29 is 14.7 Å². The number of allylic oxidation sites excluding steroid dienone is 1. The zero-order chi connectivity index (χ0) is 18.5. The van der Waals surface area contributed by atoms with Crippen LogP contribution in [0.2, 0.25) is 0 Å². The number of nitrogens with zero attached hydrogens (tertiary/aromatic N) is 1. The molecule has 1 unspecified atom stereocenters. The van der Waals surface area contributed by atoms with Crippen LogP contribution in [-0.2, 0) is 9.59 Å². The van der Waals surface area contributed by atoms with Crippen molar-refractivity contribution >= 4 is 28.3 Å². The van der Waals surface area contributed by atoms with Crippen LogP contribution in [0.5, 0.6) is 0 Å². The van der Waals surface area contributed by atoms with Gasteiger partial charge in [0.05, 0.1) is 5.69 Å². The molecule has 1 aromatic carbocycles. The van der Waals surface area contributed by atoms with Gasteiger partial charge in [-0.25, -0.2) is 9.78 Å². The molecule has 1 aliphatic rings. The van der Waals surface area contributed by atoms with E-state index in [4.69, 9.17) is 5.11 Å². The minimum atomic E-state index is -0.925. The molecule has 3 atom stereocenters. The number of aliphatic carboxylic acids is 1. The Morgan fingerprint density at radius 3 is 2.73 bits per heavy atom. The van der Waals surface area contributed by atoms with Gasteiger partial charge in [0.2, 0.25) is 5.91 Å². The zero-order valence-electron chi connectivity index (χ0n) is 14.6. The van der Waals surface area contributed by atoms with Gasteiger partial charge in [-0.1, -0.05) is 36.4 Å². The van der Waals surface area contributed by atoms with E-state index in [0.29, 0.717) is 11.0 Å². The molecule has 0 saturated heterocycles. The number of anilines is 1. The molecule has 1 aromatic heterocycles. The number of aromatic nitrogens is 1. The highest BCUT2D eigenvalue weighted by Crippen LogP contribution is 2.45. The lowest BCUT2D eigenvalue weighted by Crippen LogP contribution is -2.22. The molecule has 1 fully saturated rings. The smallest absolute Gasteiger partial charge is 0.327 e. The van der Waals surface area contributed by atoms with E-state index in [-0.39, 0.29) is 17.7 Å². The highest BCUT2D eigenvalue weighted by molar-refractivity contribution is 7.13. The van der Waals surface area contributed by atoms with Crippen LogP contribution in [-0.4, -0.2) is 22.0 Å². The number of hydrogen-bond acceptors (Lipinski definition) is 4. The third-order valence-electron chi connectivity index (χ3n) is 4.85. The topological polar surface area (TPSA) is 79.3 Å². The standard InChI is InChI=1S/C20H22N2O3S/c1-13(23)21-20-22-18(12-26-20)17-11-16(14-5-3-2-4-6-14)8-7-15(17)9-10-19(24)25/h2-6,9-10,12,15-17H,7-8,11H2,1H3,(H,24,25)(H,21,22,23)/b10-9+/t15?,16-,17+/m0/s1. The van der Waals surface area contributed by atoms with Gasteiger partial charge < -0.3 is 10.4 Å². The minimum absolute atomic E-state index is 0.137. The van der Waals surface area contributed by atoms with Crippen LogP contribution in [0.4, 0.5) is 5.13 Å². The van der Waals surface area contributed by atoms with E-state index in [1.54, 1.807) is 6.08 Å². The highest BCUT2D eigenvalue weighted by atomic mass is 32.1. The van der Waals surface area contributed by atoms with Crippen LogP contribution in [0.15, 0.2) is 47.9 Å². The zero-order valence-corrected chi connectivity index (χ0v) is 15.4. The summed E-state index contributed by atoms with van der Waals surface area (Å²) in [6.07, 6.45) is 5.90. The van der Waals surface area contributed by atoms with Crippen LogP contribution in [0, 0.1) is 5.92 Å². The molecule has 0 radical (unpaired) electrons. The maximum atomic E-state index is 11.3. The average molecular weight is 370 g/mol. The highest BCUT2D eigenvalue weighted by Gasteiger charge is 2.32. The van der Waals surface area contributed by atoms with Crippen LogP contribution >= 0.6 is 11.3 Å². The van der Waals surface area contributed by atoms with Gasteiger partial charge in [0.1, 0.15) is 0 Å². The van der Waals surface area contributed by atoms with Crippen molar-refractivity contribution in [2.75, 3.05) is 5.32 Å². The summed E-state index contributed by atoms with van der Waals surface area (Å²) in [5.41, 5.74) is 2.25. The van der Waals surface area contributed by atoms with Crippen LogP contribution in [0.1, 0.15) is 49.3 Å². The second-order valence-corrected chi connectivity index (χ2v) is 7.51. The molecule has 0 aliphatic heterocycles. The number of carbonyl (C=O) groups is 2. The van der Waals surface area contributed by atoms with Gasteiger partial charge >= 0.3 is 5.97 Å². The lowest BCUT2D eigenvalue weighted by molar-refractivity contribution is -0.131. The third kappa shape index (κ3) is 4.58. The first-order chi connectivity index (χ1) is 12.5. The third-order valence-corrected chi connectivity index (χ3v) is 5.62. The van der Waals surface area contributed by atoms with Crippen molar-refractivity contribution in [3.63, 3.8) is 0 Å². The Labute approximate surface area is 156 Å². The first-order valence-electron chi connectivity index (χ1n) is 8.72. The fraction of sp³-hybridized carbons (Fsp3) is 0.350. The van der Waals surface area contributed by atoms with Crippen molar-refractivity contribution in [2.24, 2.45) is 5.92 Å². The van der Waals surface area contributed by atoms with Gasteiger partial charge in [-0.15, -0.1) is 11.3 Å². The molecular weight excluding hydrogens is 348 g/mol. The Balaban J connectivity index is 1.84. The number of rotatable bonds is 5. The largest absolute Gasteiger partial charge is 0.478 e. The fourth-order valence-corrected chi connectivity index (χ4v) is 4.48. The van der Waals surface area contributed by atoms with E-state index < -0.39 is 5.97 Å². The summed E-state index contributed by atoms with van der Waals surface area (Å²) in [5, 5.41) is 14.3. The van der Waals surface area contributed by atoms with Crippen LogP contribution in [0.3, 0.4) is 0 Å². The minimum Gasteiger partial charge on any atom is -0.478 e. The number of nitrogens with one attached hydrogen (secondary N) is 1. The summed E-state index contributed by atoms with van der Waals surface area (Å²) in [6, 6.07) is 10.4. The molecule has 6 heteroatoms. The molecule has 1 aliphatic carbocycles. The van der Waals surface area contributed by atoms with Crippen molar-refractivity contribution in [1.29, 1.82) is 0 Å². The molecule has 0 spiro atoms. The number of amides is 1. The second-order valence-electron chi connectivity index (χ2n) is 6.65. The molecule has 2 aromatic rings. The Morgan fingerprint density at radius 2 is 2.04 bits per heavy atom. The predicted octanol–water partition coefficient (Wildman–Crippen LogP) is 4.41. The first-order valence-corrected chi connectivity index (χ1v) is 9.60. The second kappa shape index (κ2) is 8.27. The summed E-state index contributed by atoms with van der Waals surface area (Å²) in [5.74, 6) is -0.353. The van der Waals surface area contributed by atoms with E-state index in [0.717, 1.165) is 25.0 Å². The number of carboxylic acid groups (broad SMARTS) is 1. The fourth-order valence-electron chi connectivity index (χ4n) is 3.66. The molecule has 1 amide bonds. The van der Waals surface area contributed by atoms with E-state index in [2.05, 4.69) is 34.6 Å². The summed E-state index contributed by atoms with van der Waals surface area (Å²) in [6.45, 7) is 1.46. The Morgan fingerprint density at radius 1 is 1.27 bits per heavy atom. The number of hydrogen-bond donors (Lipinski definition) is 2. The normalized spacial score (nSPS) is 23.0. The predicted molar refractivity (Wildman–Crippen MR) is 102 cm³/mol. The summed E-state index contributed by atoms with van der Waals surface area (Å²) >= 11 is 1.41. The van der Waals surface area contributed by atoms with Crippen molar-refractivity contribution in [2.45, 2.75) is 38.0 Å². The van der Waals surface area contributed by atoms with Gasteiger partial charge in [-0.2, -0.15) is 0 Å². The van der Waals surface area contributed by atoms with E-state index in [1.807, 2.05) is 11.4 Å². The van der Waals surface area contributed by atoms with Gasteiger partial charge in [-0.3, -0.25) is 4.79 Å². The van der Waals surface area contributed by atoms with Crippen molar-refractivity contribution in [1.82, 2.24) is 4.98 Å². The molecule has 0 bridgehead atoms. The van der Waals surface area contributed by atoms with E-state index in [9.17, 15) is 9.59 Å². The lowest BCUT2D eigenvalue weighted by Gasteiger charge is -2.34. The number of benzene rings is 1. The molecule has 26 heavy (non-hydrogen) atoms. The van der Waals surface area contributed by atoms with Gasteiger partial charge in [-0.05, 0) is 36.7 Å². The monoisotopic (exact) mass is 370 g/mol. The summed E-state index contributed by atoms with van der Waals surface area (Å²) in [4.78, 5) is 26.8. The van der Waals surface area contributed by atoms with Gasteiger partial charge in [0, 0.05) is 24.3 Å². The van der Waals surface area contributed by atoms with Gasteiger partial charge in [0.15, 0.2) is 5.13 Å². The Bertz CT molecular complexity index is 800. The average Bonchev–Trinajstić information content (AvgIpc) is 3.08. The Hall–Kier alpha value is -2.47. The SMILES string of the molecule is CC(=O)Nc1nc([C@@H]2C[C@@H](c3ccccc3)CCC2/C=C/C(=O)O)cs1. The van der Waals surface area contributed by atoms with Crippen molar-refractivity contribution in [3.8, 4) is 0 Å². The van der Waals surface area contributed by atoms with E-state index >= 15 is 0 Å². The molecular formula is C20H22N2O3S. The van der Waals surface area contributed by atoms with Crippen LogP contribution in [0.25, 0.3) is 0 Å². The maximum absolute atomic E-state index is 11.3. The number of thiazole rings is 1. The van der Waals surface area contributed by atoms with E-state index in [1.165, 1.54) is 29.9 Å². The lowest BCUT2D eigenvalue weighted by atomic mass is 9.70. The molecule has 136 valence electrons. The van der Waals surface area contributed by atoms with Crippen molar-refractivity contribution in [3.05, 3.63) is 59.1 Å². The quantitative estimate of drug-likeness (QED) is 0.764. The van der Waals surface area contributed by atoms with Crippen LogP contribution < -0.4 is 5.32 Å². The van der Waals surface area contributed by atoms with Gasteiger partial charge in [0.25, 0.3) is 0 Å².